The molecule has 0 fully saturated rings. The van der Waals surface area contributed by atoms with Crippen LogP contribution >= 0.6 is 0 Å². The van der Waals surface area contributed by atoms with Crippen LogP contribution in [0.4, 0.5) is 0 Å². The lowest BCUT2D eigenvalue weighted by Gasteiger charge is -2.03. The molecule has 0 aromatic carbocycles. The molecule has 0 aliphatic rings. The summed E-state index contributed by atoms with van der Waals surface area (Å²) < 4.78 is 4.67. The lowest BCUT2D eigenvalue weighted by Crippen LogP contribution is -2.17. The Labute approximate surface area is 82.7 Å². The Morgan fingerprint density at radius 3 is 2.64 bits per heavy atom. The van der Waals surface area contributed by atoms with Crippen LogP contribution in [0.25, 0.3) is 0 Å². The largest absolute Gasteiger partial charge is 0.481 e. The highest BCUT2D eigenvalue weighted by Gasteiger charge is 1.99. The number of hydrogen-bond acceptors (Lipinski definition) is 4. The molecule has 0 saturated carbocycles. The summed E-state index contributed by atoms with van der Waals surface area (Å²) in [7, 11) is 0. The number of allylic oxidation sites excluding steroid dienone is 1. The van der Waals surface area contributed by atoms with Gasteiger partial charge in [0.1, 0.15) is 0 Å². The molecule has 0 amide bonds. The third-order valence-corrected chi connectivity index (χ3v) is 1.36. The quantitative estimate of drug-likeness (QED) is 0.484. The molecule has 14 heavy (non-hydrogen) atoms. The van der Waals surface area contributed by atoms with Gasteiger partial charge in [0.15, 0.2) is 0 Å². The van der Waals surface area contributed by atoms with Gasteiger partial charge >= 0.3 is 11.9 Å². The number of aliphatic carboxylic acids is 1. The number of hydrogen-bond donors (Lipinski definition) is 2. The number of nitrogens with one attached hydrogen (secondary N) is 1. The van der Waals surface area contributed by atoms with E-state index in [2.05, 4.69) is 10.1 Å². The van der Waals surface area contributed by atoms with E-state index < -0.39 is 11.9 Å². The molecule has 0 spiro atoms. The molecule has 0 aromatic rings. The highest BCUT2D eigenvalue weighted by atomic mass is 16.5. The molecule has 2 N–H and O–H groups in total. The average molecular weight is 201 g/mol. The molecule has 80 valence electrons. The van der Waals surface area contributed by atoms with Crippen molar-refractivity contribution in [1.82, 2.24) is 5.32 Å². The molecule has 0 heterocycles. The number of ether oxygens (including phenoxy) is 1. The topological polar surface area (TPSA) is 75.6 Å². The SMILES string of the molecule is CCOC(=O)C=C(C)NCCC(=O)O. The van der Waals surface area contributed by atoms with Crippen LogP contribution in [0, 0.1) is 0 Å². The Hall–Kier alpha value is -1.52. The summed E-state index contributed by atoms with van der Waals surface area (Å²) in [6, 6.07) is 0. The first-order chi connectivity index (χ1) is 6.56. The molecule has 0 saturated heterocycles. The van der Waals surface area contributed by atoms with Crippen molar-refractivity contribution in [2.45, 2.75) is 20.3 Å². The molecule has 0 atom stereocenters. The Kier molecular flexibility index (Phi) is 6.19. The fourth-order valence-electron chi connectivity index (χ4n) is 0.778. The Bertz CT molecular complexity index is 235. The monoisotopic (exact) mass is 201 g/mol. The van der Waals surface area contributed by atoms with Crippen LogP contribution in [0.2, 0.25) is 0 Å². The number of esters is 1. The van der Waals surface area contributed by atoms with E-state index in [4.69, 9.17) is 5.11 Å². The zero-order chi connectivity index (χ0) is 11.0. The van der Waals surface area contributed by atoms with Crippen molar-refractivity contribution in [2.24, 2.45) is 0 Å². The van der Waals surface area contributed by atoms with Crippen molar-refractivity contribution in [3.63, 3.8) is 0 Å². The second kappa shape index (κ2) is 6.94. The first-order valence-corrected chi connectivity index (χ1v) is 4.37. The summed E-state index contributed by atoms with van der Waals surface area (Å²) in [5.74, 6) is -1.30. The number of carbonyl (C=O) groups excluding carboxylic acids is 1. The standard InChI is InChI=1S/C9H15NO4/c1-3-14-9(13)6-7(2)10-5-4-8(11)12/h6,10H,3-5H2,1-2H3,(H,11,12). The first kappa shape index (κ1) is 12.5. The minimum absolute atomic E-state index is 0.0218. The number of carboxylic acid groups (broad SMARTS) is 1. The van der Waals surface area contributed by atoms with E-state index in [0.29, 0.717) is 18.8 Å². The minimum atomic E-state index is -0.874. The van der Waals surface area contributed by atoms with Crippen molar-refractivity contribution in [2.75, 3.05) is 13.2 Å². The Morgan fingerprint density at radius 2 is 2.14 bits per heavy atom. The molecule has 0 aliphatic heterocycles. The van der Waals surface area contributed by atoms with E-state index in [1.54, 1.807) is 13.8 Å². The normalized spacial score (nSPS) is 10.9. The number of carbonyl (C=O) groups is 2. The predicted molar refractivity (Wildman–Crippen MR) is 50.6 cm³/mol. The van der Waals surface area contributed by atoms with Gasteiger partial charge in [0.2, 0.25) is 0 Å². The Balaban J connectivity index is 3.76. The summed E-state index contributed by atoms with van der Waals surface area (Å²) in [4.78, 5) is 21.0. The van der Waals surface area contributed by atoms with Crippen molar-refractivity contribution < 1.29 is 19.4 Å². The molecular weight excluding hydrogens is 186 g/mol. The number of carboxylic acids is 1. The fourth-order valence-corrected chi connectivity index (χ4v) is 0.778. The molecule has 0 aliphatic carbocycles. The van der Waals surface area contributed by atoms with Crippen molar-refractivity contribution in [3.8, 4) is 0 Å². The maximum absolute atomic E-state index is 10.9. The van der Waals surface area contributed by atoms with E-state index in [9.17, 15) is 9.59 Å². The maximum Gasteiger partial charge on any atom is 0.332 e. The Morgan fingerprint density at radius 1 is 1.50 bits per heavy atom. The maximum atomic E-state index is 10.9. The van der Waals surface area contributed by atoms with Crippen LogP contribution < -0.4 is 5.32 Å². The van der Waals surface area contributed by atoms with E-state index in [0.717, 1.165) is 0 Å². The van der Waals surface area contributed by atoms with Gasteiger partial charge in [0, 0.05) is 18.3 Å². The second-order valence-corrected chi connectivity index (χ2v) is 2.65. The van der Waals surface area contributed by atoms with Crippen LogP contribution in [0.15, 0.2) is 11.8 Å². The van der Waals surface area contributed by atoms with Crippen molar-refractivity contribution >= 4 is 11.9 Å². The van der Waals surface area contributed by atoms with Gasteiger partial charge in [-0.3, -0.25) is 4.79 Å². The third-order valence-electron chi connectivity index (χ3n) is 1.36. The highest BCUT2D eigenvalue weighted by Crippen LogP contribution is 1.90. The minimum Gasteiger partial charge on any atom is -0.481 e. The lowest BCUT2D eigenvalue weighted by atomic mass is 10.4. The lowest BCUT2D eigenvalue weighted by molar-refractivity contribution is -0.137. The summed E-state index contributed by atoms with van der Waals surface area (Å²) in [5.41, 5.74) is 0.602. The van der Waals surface area contributed by atoms with Gasteiger partial charge in [-0.25, -0.2) is 4.79 Å². The van der Waals surface area contributed by atoms with Crippen molar-refractivity contribution in [1.29, 1.82) is 0 Å². The fraction of sp³-hybridized carbons (Fsp3) is 0.556. The van der Waals surface area contributed by atoms with E-state index >= 15 is 0 Å². The van der Waals surface area contributed by atoms with Gasteiger partial charge in [-0.2, -0.15) is 0 Å². The van der Waals surface area contributed by atoms with E-state index in [1.165, 1.54) is 6.08 Å². The van der Waals surface area contributed by atoms with Crippen LogP contribution in [-0.4, -0.2) is 30.2 Å². The molecule has 5 heteroatoms. The van der Waals surface area contributed by atoms with Crippen LogP contribution in [-0.2, 0) is 14.3 Å². The van der Waals surface area contributed by atoms with Crippen LogP contribution in [0.1, 0.15) is 20.3 Å². The molecule has 0 radical (unpaired) electrons. The zero-order valence-electron chi connectivity index (χ0n) is 8.37. The van der Waals surface area contributed by atoms with Crippen LogP contribution in [0.5, 0.6) is 0 Å². The van der Waals surface area contributed by atoms with Gasteiger partial charge in [0.05, 0.1) is 13.0 Å². The number of rotatable bonds is 6. The molecular formula is C9H15NO4. The van der Waals surface area contributed by atoms with Gasteiger partial charge in [-0.05, 0) is 13.8 Å². The first-order valence-electron chi connectivity index (χ1n) is 4.37. The summed E-state index contributed by atoms with van der Waals surface area (Å²) in [5, 5.41) is 11.1. The molecule has 0 rings (SSSR count). The van der Waals surface area contributed by atoms with Crippen LogP contribution in [0.3, 0.4) is 0 Å². The summed E-state index contributed by atoms with van der Waals surface area (Å²) in [6.45, 7) is 4.03. The molecule has 0 bridgehead atoms. The van der Waals surface area contributed by atoms with Crippen molar-refractivity contribution in [3.05, 3.63) is 11.8 Å². The van der Waals surface area contributed by atoms with Gasteiger partial charge in [0.25, 0.3) is 0 Å². The second-order valence-electron chi connectivity index (χ2n) is 2.65. The van der Waals surface area contributed by atoms with E-state index in [1.807, 2.05) is 0 Å². The molecule has 5 nitrogen and oxygen atoms in total. The van der Waals surface area contributed by atoms with Gasteiger partial charge in [-0.1, -0.05) is 0 Å². The zero-order valence-corrected chi connectivity index (χ0v) is 8.37. The highest BCUT2D eigenvalue weighted by molar-refractivity contribution is 5.82. The van der Waals surface area contributed by atoms with Gasteiger partial charge in [-0.15, -0.1) is 0 Å². The predicted octanol–water partition coefficient (Wildman–Crippen LogP) is 0.518. The van der Waals surface area contributed by atoms with E-state index in [-0.39, 0.29) is 6.42 Å². The van der Waals surface area contributed by atoms with Gasteiger partial charge < -0.3 is 15.2 Å². The summed E-state index contributed by atoms with van der Waals surface area (Å²) >= 11 is 0. The summed E-state index contributed by atoms with van der Waals surface area (Å²) in [6.07, 6.45) is 1.32. The average Bonchev–Trinajstić information content (AvgIpc) is 2.03. The molecule has 0 aromatic heterocycles. The third kappa shape index (κ3) is 7.15. The smallest absolute Gasteiger partial charge is 0.332 e. The molecule has 0 unspecified atom stereocenters.